The van der Waals surface area contributed by atoms with E-state index in [1.54, 1.807) is 13.8 Å². The Bertz CT molecular complexity index is 1690. The number of ether oxygens (including phenoxy) is 3. The van der Waals surface area contributed by atoms with Crippen molar-refractivity contribution in [1.82, 2.24) is 5.32 Å². The van der Waals surface area contributed by atoms with Crippen LogP contribution in [0.5, 0.6) is 0 Å². The molecular formula is C43H52N2O6. The molecule has 270 valence electrons. The smallest absolute Gasteiger partial charge is 0.407 e. The van der Waals surface area contributed by atoms with Crippen molar-refractivity contribution in [3.63, 3.8) is 0 Å². The van der Waals surface area contributed by atoms with E-state index in [0.29, 0.717) is 51.7 Å². The minimum atomic E-state index is -0.796. The molecule has 8 nitrogen and oxygen atoms in total. The van der Waals surface area contributed by atoms with Gasteiger partial charge in [0.25, 0.3) is 0 Å². The van der Waals surface area contributed by atoms with Gasteiger partial charge in [0.05, 0.1) is 13.2 Å². The Hall–Kier alpha value is -4.95. The second kappa shape index (κ2) is 19.4. The Morgan fingerprint density at radius 2 is 1.18 bits per heavy atom. The lowest BCUT2D eigenvalue weighted by molar-refractivity contribution is -0.144. The van der Waals surface area contributed by atoms with E-state index in [2.05, 4.69) is 78.1 Å². The molecule has 2 atom stereocenters. The predicted octanol–water partition coefficient (Wildman–Crippen LogP) is 8.24. The molecule has 0 spiro atoms. The summed E-state index contributed by atoms with van der Waals surface area (Å²) in [4.78, 5) is 37.1. The highest BCUT2D eigenvalue weighted by molar-refractivity contribution is 5.71. The zero-order valence-electron chi connectivity index (χ0n) is 30.4. The van der Waals surface area contributed by atoms with Crippen LogP contribution in [-0.4, -0.2) is 48.9 Å². The monoisotopic (exact) mass is 692 g/mol. The van der Waals surface area contributed by atoms with Crippen LogP contribution in [-0.2, 0) is 43.1 Å². The summed E-state index contributed by atoms with van der Waals surface area (Å²) in [5.74, 6) is -0.504. The van der Waals surface area contributed by atoms with Gasteiger partial charge in [-0.15, -0.1) is 0 Å². The van der Waals surface area contributed by atoms with Gasteiger partial charge in [0.1, 0.15) is 5.60 Å². The predicted molar refractivity (Wildman–Crippen MR) is 202 cm³/mol. The van der Waals surface area contributed by atoms with Gasteiger partial charge in [0.2, 0.25) is 0 Å². The number of carbonyl (C=O) groups is 3. The molecule has 0 fully saturated rings. The van der Waals surface area contributed by atoms with Crippen molar-refractivity contribution in [2.75, 3.05) is 13.2 Å². The molecule has 0 saturated heterocycles. The number of carbonyl (C=O) groups excluding carboxylic acids is 3. The minimum Gasteiger partial charge on any atom is -0.466 e. The lowest BCUT2D eigenvalue weighted by Crippen LogP contribution is -2.42. The van der Waals surface area contributed by atoms with E-state index in [9.17, 15) is 14.4 Å². The van der Waals surface area contributed by atoms with Gasteiger partial charge in [-0.25, -0.2) is 4.79 Å². The summed E-state index contributed by atoms with van der Waals surface area (Å²) in [7, 11) is 0. The highest BCUT2D eigenvalue weighted by Gasteiger charge is 2.26. The first kappa shape index (κ1) is 38.8. The second-order valence-electron chi connectivity index (χ2n) is 13.5. The topological polar surface area (TPSA) is 117 Å². The summed E-state index contributed by atoms with van der Waals surface area (Å²) < 4.78 is 16.1. The van der Waals surface area contributed by atoms with Crippen molar-refractivity contribution >= 4 is 18.0 Å². The Morgan fingerprint density at radius 1 is 0.647 bits per heavy atom. The summed E-state index contributed by atoms with van der Waals surface area (Å²) >= 11 is 0. The molecule has 0 radical (unpaired) electrons. The first-order valence-corrected chi connectivity index (χ1v) is 17.9. The van der Waals surface area contributed by atoms with E-state index >= 15 is 0 Å². The summed E-state index contributed by atoms with van der Waals surface area (Å²) in [6, 6.07) is 34.5. The molecule has 0 aromatic heterocycles. The van der Waals surface area contributed by atoms with E-state index in [1.807, 2.05) is 44.2 Å². The summed E-state index contributed by atoms with van der Waals surface area (Å²) in [5, 5.41) is 3.03. The molecule has 3 N–H and O–H groups in total. The van der Waals surface area contributed by atoms with E-state index < -0.39 is 11.7 Å². The molecule has 4 aromatic carbocycles. The summed E-state index contributed by atoms with van der Waals surface area (Å²) in [5.41, 5.74) is 13.0. The molecule has 51 heavy (non-hydrogen) atoms. The quantitative estimate of drug-likeness (QED) is 0.0797. The van der Waals surface area contributed by atoms with Crippen LogP contribution in [0.15, 0.2) is 103 Å². The molecular weight excluding hydrogens is 640 g/mol. The van der Waals surface area contributed by atoms with Gasteiger partial charge in [-0.1, -0.05) is 103 Å². The lowest BCUT2D eigenvalue weighted by Gasteiger charge is -2.27. The first-order chi connectivity index (χ1) is 24.5. The van der Waals surface area contributed by atoms with Crippen molar-refractivity contribution in [2.24, 2.45) is 5.73 Å². The number of amides is 1. The van der Waals surface area contributed by atoms with Crippen molar-refractivity contribution < 1.29 is 28.6 Å². The zero-order chi connectivity index (χ0) is 36.6. The Kier molecular flexibility index (Phi) is 14.8. The Labute approximate surface area is 302 Å². The first-order valence-electron chi connectivity index (χ1n) is 17.9. The van der Waals surface area contributed by atoms with Gasteiger partial charge >= 0.3 is 18.0 Å². The molecule has 1 amide bonds. The van der Waals surface area contributed by atoms with Crippen molar-refractivity contribution in [3.8, 4) is 22.3 Å². The van der Waals surface area contributed by atoms with Crippen LogP contribution >= 0.6 is 0 Å². The third kappa shape index (κ3) is 13.4. The van der Waals surface area contributed by atoms with E-state index in [4.69, 9.17) is 19.9 Å². The van der Waals surface area contributed by atoms with Gasteiger partial charge in [0.15, 0.2) is 0 Å². The number of esters is 2. The molecule has 4 aromatic rings. The number of benzene rings is 4. The molecule has 2 unspecified atom stereocenters. The number of rotatable bonds is 18. The van der Waals surface area contributed by atoms with Crippen LogP contribution in [0.3, 0.4) is 0 Å². The standard InChI is InChI=1S/C43H52N2O6/c1-5-49-40(46)25-23-38(44)28-31-15-21-36(22-16-31)37-14-10-11-33(27-37)30-43(3,4)51-42(48)45-39(24-26-41(47)50-6-2)29-32-17-19-35(20-18-32)34-12-8-7-9-13-34/h7-22,27,38-39H,5-6,23-26,28-30,44H2,1-4H3,(H,45,48). The van der Waals surface area contributed by atoms with Crippen LogP contribution < -0.4 is 11.1 Å². The van der Waals surface area contributed by atoms with Gasteiger partial charge in [-0.3, -0.25) is 9.59 Å². The van der Waals surface area contributed by atoms with Crippen LogP contribution in [0, 0.1) is 0 Å². The van der Waals surface area contributed by atoms with Gasteiger partial charge in [-0.05, 0) is 92.3 Å². The summed E-state index contributed by atoms with van der Waals surface area (Å²) in [6.07, 6.45) is 2.73. The molecule has 0 saturated carbocycles. The summed E-state index contributed by atoms with van der Waals surface area (Å²) in [6.45, 7) is 8.07. The number of hydrogen-bond donors (Lipinski definition) is 2. The molecule has 0 heterocycles. The van der Waals surface area contributed by atoms with E-state index in [-0.39, 0.29) is 30.4 Å². The SMILES string of the molecule is CCOC(=O)CCC(N)Cc1ccc(-c2cccc(CC(C)(C)OC(=O)NC(CCC(=O)OCC)Cc3ccc(-c4ccccc4)cc3)c2)cc1. The average molecular weight is 693 g/mol. The normalized spacial score (nSPS) is 12.4. The van der Waals surface area contributed by atoms with Crippen molar-refractivity contribution in [3.05, 3.63) is 120 Å². The largest absolute Gasteiger partial charge is 0.466 e. The van der Waals surface area contributed by atoms with Gasteiger partial charge < -0.3 is 25.3 Å². The van der Waals surface area contributed by atoms with Crippen molar-refractivity contribution in [1.29, 1.82) is 0 Å². The average Bonchev–Trinajstić information content (AvgIpc) is 3.10. The number of alkyl carbamates (subject to hydrolysis) is 1. The maximum Gasteiger partial charge on any atom is 0.407 e. The number of nitrogens with one attached hydrogen (secondary N) is 1. The molecule has 0 aliphatic heterocycles. The zero-order valence-corrected chi connectivity index (χ0v) is 30.4. The molecule has 0 bridgehead atoms. The van der Waals surface area contributed by atoms with Crippen LogP contribution in [0.4, 0.5) is 4.79 Å². The fourth-order valence-corrected chi connectivity index (χ4v) is 6.11. The third-order valence-electron chi connectivity index (χ3n) is 8.60. The lowest BCUT2D eigenvalue weighted by atomic mass is 9.94. The maximum absolute atomic E-state index is 13.3. The van der Waals surface area contributed by atoms with Crippen molar-refractivity contribution in [2.45, 2.75) is 90.3 Å². The molecule has 8 heteroatoms. The Balaban J connectivity index is 1.35. The molecule has 0 aliphatic rings. The van der Waals surface area contributed by atoms with Crippen LogP contribution in [0.1, 0.15) is 70.1 Å². The number of nitrogens with two attached hydrogens (primary N) is 1. The van der Waals surface area contributed by atoms with E-state index in [1.165, 1.54) is 0 Å². The van der Waals surface area contributed by atoms with Gasteiger partial charge in [0, 0.05) is 31.3 Å². The highest BCUT2D eigenvalue weighted by Crippen LogP contribution is 2.25. The third-order valence-corrected chi connectivity index (χ3v) is 8.60. The minimum absolute atomic E-state index is 0.123. The Morgan fingerprint density at radius 3 is 1.78 bits per heavy atom. The highest BCUT2D eigenvalue weighted by atomic mass is 16.6. The van der Waals surface area contributed by atoms with Crippen LogP contribution in [0.2, 0.25) is 0 Å². The van der Waals surface area contributed by atoms with Crippen LogP contribution in [0.25, 0.3) is 22.3 Å². The maximum atomic E-state index is 13.3. The number of hydrogen-bond acceptors (Lipinski definition) is 7. The fourth-order valence-electron chi connectivity index (χ4n) is 6.11. The molecule has 0 aliphatic carbocycles. The van der Waals surface area contributed by atoms with Gasteiger partial charge in [-0.2, -0.15) is 0 Å². The molecule has 4 rings (SSSR count). The fraction of sp³-hybridized carbons (Fsp3) is 0.372. The second-order valence-corrected chi connectivity index (χ2v) is 13.5. The van der Waals surface area contributed by atoms with E-state index in [0.717, 1.165) is 38.9 Å².